The maximum atomic E-state index is 11.2. The second-order valence-corrected chi connectivity index (χ2v) is 2.74. The fourth-order valence-corrected chi connectivity index (χ4v) is 0.693. The summed E-state index contributed by atoms with van der Waals surface area (Å²) < 4.78 is 18.7. The number of carbonyl (C=O) groups is 2. The van der Waals surface area contributed by atoms with E-state index >= 15 is 0 Å². The molecule has 16 heavy (non-hydrogen) atoms. The molecule has 0 heterocycles. The summed E-state index contributed by atoms with van der Waals surface area (Å²) in [7, 11) is 2.95. The molecule has 0 aromatic rings. The summed E-state index contributed by atoms with van der Waals surface area (Å²) in [6.45, 7) is 3.94. The van der Waals surface area contributed by atoms with E-state index in [2.05, 4.69) is 25.5 Å². The smallest absolute Gasteiger partial charge is 0.345 e. The molecule has 0 saturated carbocycles. The molecule has 0 saturated heterocycles. The van der Waals surface area contributed by atoms with E-state index in [0.717, 1.165) is 0 Å². The Bertz CT molecular complexity index is 224. The lowest BCUT2D eigenvalue weighted by Gasteiger charge is -2.06. The van der Waals surface area contributed by atoms with Crippen LogP contribution in [0.3, 0.4) is 0 Å². The van der Waals surface area contributed by atoms with Gasteiger partial charge in [-0.25, -0.2) is 9.59 Å². The highest BCUT2D eigenvalue weighted by molar-refractivity contribution is 6.13. The highest BCUT2D eigenvalue weighted by Crippen LogP contribution is 1.98. The van der Waals surface area contributed by atoms with Crippen molar-refractivity contribution in [3.63, 3.8) is 0 Å². The zero-order valence-corrected chi connectivity index (χ0v) is 9.49. The van der Waals surface area contributed by atoms with Crippen LogP contribution in [0.2, 0.25) is 0 Å². The standard InChI is InChI=1S/C10H16O6/c1-8(9(11)15-6-4-13-2)10(12)16-7-5-14-3/h1,4-7H2,2-3H3. The molecule has 6 nitrogen and oxygen atoms in total. The Labute approximate surface area is 94.1 Å². The first kappa shape index (κ1) is 14.6. The summed E-state index contributed by atoms with van der Waals surface area (Å²) in [5, 5.41) is 0. The SMILES string of the molecule is C=C(C(=O)OCCOC)C(=O)OCCOC. The zero-order valence-electron chi connectivity index (χ0n) is 9.49. The third kappa shape index (κ3) is 6.15. The van der Waals surface area contributed by atoms with Gasteiger partial charge in [-0.15, -0.1) is 0 Å². The summed E-state index contributed by atoms with van der Waals surface area (Å²) in [6.07, 6.45) is 0. The number of esters is 2. The van der Waals surface area contributed by atoms with E-state index in [1.165, 1.54) is 14.2 Å². The molecule has 0 aliphatic carbocycles. The van der Waals surface area contributed by atoms with E-state index < -0.39 is 11.9 Å². The number of ether oxygens (including phenoxy) is 4. The minimum atomic E-state index is -0.806. The van der Waals surface area contributed by atoms with Gasteiger partial charge in [0.25, 0.3) is 0 Å². The number of rotatable bonds is 8. The third-order valence-electron chi connectivity index (χ3n) is 1.53. The topological polar surface area (TPSA) is 71.1 Å². The van der Waals surface area contributed by atoms with Gasteiger partial charge in [0.15, 0.2) is 0 Å². The van der Waals surface area contributed by atoms with Crippen LogP contribution in [0.1, 0.15) is 0 Å². The predicted octanol–water partition coefficient (Wildman–Crippen LogP) is -0.0782. The van der Waals surface area contributed by atoms with Gasteiger partial charge in [0.2, 0.25) is 0 Å². The van der Waals surface area contributed by atoms with E-state index in [9.17, 15) is 9.59 Å². The van der Waals surface area contributed by atoms with Gasteiger partial charge in [0.05, 0.1) is 13.2 Å². The fourth-order valence-electron chi connectivity index (χ4n) is 0.693. The van der Waals surface area contributed by atoms with Gasteiger partial charge in [0, 0.05) is 14.2 Å². The van der Waals surface area contributed by atoms with E-state index in [4.69, 9.17) is 0 Å². The quantitative estimate of drug-likeness (QED) is 0.192. The molecule has 0 N–H and O–H groups in total. The van der Waals surface area contributed by atoms with Crippen molar-refractivity contribution in [1.29, 1.82) is 0 Å². The van der Waals surface area contributed by atoms with E-state index in [-0.39, 0.29) is 32.0 Å². The van der Waals surface area contributed by atoms with Crippen LogP contribution in [0.15, 0.2) is 12.2 Å². The highest BCUT2D eigenvalue weighted by Gasteiger charge is 2.18. The lowest BCUT2D eigenvalue weighted by molar-refractivity contribution is -0.148. The minimum Gasteiger partial charge on any atom is -0.459 e. The normalized spacial score (nSPS) is 9.62. The molecule has 0 fully saturated rings. The van der Waals surface area contributed by atoms with Crippen molar-refractivity contribution in [2.75, 3.05) is 40.6 Å². The monoisotopic (exact) mass is 232 g/mol. The minimum absolute atomic E-state index is 0.0692. The van der Waals surface area contributed by atoms with Gasteiger partial charge >= 0.3 is 11.9 Å². The Kier molecular flexibility index (Phi) is 8.10. The molecule has 0 aromatic heterocycles. The first-order valence-corrected chi connectivity index (χ1v) is 4.64. The van der Waals surface area contributed by atoms with Crippen molar-refractivity contribution in [2.45, 2.75) is 0 Å². The van der Waals surface area contributed by atoms with Crippen LogP contribution in [0.4, 0.5) is 0 Å². The van der Waals surface area contributed by atoms with Crippen LogP contribution in [0, 0.1) is 0 Å². The average Bonchev–Trinajstić information content (AvgIpc) is 2.28. The van der Waals surface area contributed by atoms with Gasteiger partial charge in [-0.05, 0) is 0 Å². The van der Waals surface area contributed by atoms with Crippen LogP contribution in [-0.4, -0.2) is 52.6 Å². The van der Waals surface area contributed by atoms with Gasteiger partial charge in [-0.1, -0.05) is 6.58 Å². The van der Waals surface area contributed by atoms with Crippen LogP contribution in [0.25, 0.3) is 0 Å². The summed E-state index contributed by atoms with van der Waals surface area (Å²) >= 11 is 0. The molecule has 0 bridgehead atoms. The molecule has 0 amide bonds. The van der Waals surface area contributed by atoms with Crippen molar-refractivity contribution in [2.24, 2.45) is 0 Å². The average molecular weight is 232 g/mol. The van der Waals surface area contributed by atoms with Gasteiger partial charge in [-0.3, -0.25) is 0 Å². The van der Waals surface area contributed by atoms with Crippen molar-refractivity contribution >= 4 is 11.9 Å². The van der Waals surface area contributed by atoms with Gasteiger partial charge in [-0.2, -0.15) is 0 Å². The molecule has 0 atom stereocenters. The van der Waals surface area contributed by atoms with Crippen LogP contribution in [-0.2, 0) is 28.5 Å². The lowest BCUT2D eigenvalue weighted by atomic mass is 10.3. The lowest BCUT2D eigenvalue weighted by Crippen LogP contribution is -2.20. The van der Waals surface area contributed by atoms with Crippen molar-refractivity contribution in [3.05, 3.63) is 12.2 Å². The van der Waals surface area contributed by atoms with Crippen molar-refractivity contribution in [1.82, 2.24) is 0 Å². The Balaban J connectivity index is 3.83. The molecule has 0 aliphatic rings. The van der Waals surface area contributed by atoms with Crippen molar-refractivity contribution in [3.8, 4) is 0 Å². The molecule has 0 aromatic carbocycles. The summed E-state index contributed by atoms with van der Waals surface area (Å²) in [6, 6.07) is 0. The maximum absolute atomic E-state index is 11.2. The van der Waals surface area contributed by atoms with Crippen LogP contribution >= 0.6 is 0 Å². The van der Waals surface area contributed by atoms with Gasteiger partial charge in [0.1, 0.15) is 18.8 Å². The fraction of sp³-hybridized carbons (Fsp3) is 0.600. The van der Waals surface area contributed by atoms with Gasteiger partial charge < -0.3 is 18.9 Å². The molecule has 0 aliphatic heterocycles. The first-order valence-electron chi connectivity index (χ1n) is 4.64. The van der Waals surface area contributed by atoms with E-state index in [1.54, 1.807) is 0 Å². The second kappa shape index (κ2) is 8.87. The molecular weight excluding hydrogens is 216 g/mol. The molecule has 0 rings (SSSR count). The largest absolute Gasteiger partial charge is 0.459 e. The molecule has 0 unspecified atom stereocenters. The maximum Gasteiger partial charge on any atom is 0.345 e. The summed E-state index contributed by atoms with van der Waals surface area (Å²) in [5.74, 6) is -1.61. The summed E-state index contributed by atoms with van der Waals surface area (Å²) in [4.78, 5) is 22.4. The van der Waals surface area contributed by atoms with Crippen LogP contribution in [0.5, 0.6) is 0 Å². The van der Waals surface area contributed by atoms with E-state index in [0.29, 0.717) is 0 Å². The zero-order chi connectivity index (χ0) is 12.4. The van der Waals surface area contributed by atoms with E-state index in [1.807, 2.05) is 0 Å². The Morgan fingerprint density at radius 2 is 1.25 bits per heavy atom. The molecule has 6 heteroatoms. The number of methoxy groups -OCH3 is 2. The molecular formula is C10H16O6. The predicted molar refractivity (Wildman–Crippen MR) is 54.8 cm³/mol. The number of carbonyl (C=O) groups excluding carboxylic acids is 2. The Morgan fingerprint density at radius 3 is 1.56 bits per heavy atom. The highest BCUT2D eigenvalue weighted by atomic mass is 16.6. The molecule has 0 spiro atoms. The number of hydrogen-bond donors (Lipinski definition) is 0. The molecule has 0 radical (unpaired) electrons. The Morgan fingerprint density at radius 1 is 0.875 bits per heavy atom. The van der Waals surface area contributed by atoms with Crippen LogP contribution < -0.4 is 0 Å². The summed E-state index contributed by atoms with van der Waals surface area (Å²) in [5.41, 5.74) is -0.341. The number of hydrogen-bond acceptors (Lipinski definition) is 6. The third-order valence-corrected chi connectivity index (χ3v) is 1.53. The molecule has 92 valence electrons. The van der Waals surface area contributed by atoms with Crippen molar-refractivity contribution < 1.29 is 28.5 Å². The first-order chi connectivity index (χ1) is 7.63. The Hall–Kier alpha value is -1.40. The second-order valence-electron chi connectivity index (χ2n) is 2.74.